The number of H-pyrrole nitrogens is 1. The number of benzene rings is 2. The quantitative estimate of drug-likeness (QED) is 0.682. The van der Waals surface area contributed by atoms with Crippen molar-refractivity contribution in [2.24, 2.45) is 5.92 Å². The number of nitriles is 1. The van der Waals surface area contributed by atoms with E-state index in [1.54, 1.807) is 18.2 Å². The molecule has 0 saturated carbocycles. The van der Waals surface area contributed by atoms with Gasteiger partial charge in [-0.15, -0.1) is 0 Å². The van der Waals surface area contributed by atoms with Crippen molar-refractivity contribution in [1.82, 2.24) is 9.97 Å². The summed E-state index contributed by atoms with van der Waals surface area (Å²) in [5.41, 5.74) is 1.17. The molecule has 2 N–H and O–H groups in total. The Labute approximate surface area is 171 Å². The fourth-order valence-corrected chi connectivity index (χ4v) is 3.86. The van der Waals surface area contributed by atoms with Crippen LogP contribution in [-0.2, 0) is 4.79 Å². The van der Waals surface area contributed by atoms with Crippen LogP contribution in [0.1, 0.15) is 17.0 Å². The Kier molecular flexibility index (Phi) is 4.21. The molecule has 8 nitrogen and oxygen atoms in total. The predicted octanol–water partition coefficient (Wildman–Crippen LogP) is 2.43. The molecule has 2 aliphatic heterocycles. The van der Waals surface area contributed by atoms with Crippen LogP contribution in [0.2, 0.25) is 0 Å². The van der Waals surface area contributed by atoms with Crippen LogP contribution in [-0.4, -0.2) is 29.1 Å². The van der Waals surface area contributed by atoms with E-state index in [0.717, 1.165) is 0 Å². The maximum absolute atomic E-state index is 13.1. The van der Waals surface area contributed by atoms with Crippen molar-refractivity contribution in [3.8, 4) is 29.0 Å². The maximum Gasteiger partial charge on any atom is 0.257 e. The monoisotopic (exact) mass is 400 g/mol. The molecule has 1 aromatic heterocycles. The number of ether oxygens (including phenoxy) is 2. The molecule has 0 saturated heterocycles. The van der Waals surface area contributed by atoms with Crippen molar-refractivity contribution in [2.45, 2.75) is 5.92 Å². The van der Waals surface area contributed by atoms with Gasteiger partial charge in [-0.3, -0.25) is 9.59 Å². The van der Waals surface area contributed by atoms with Crippen LogP contribution in [0.3, 0.4) is 0 Å². The predicted molar refractivity (Wildman–Crippen MR) is 107 cm³/mol. The number of hydrogen-bond donors (Lipinski definition) is 2. The third-order valence-corrected chi connectivity index (χ3v) is 5.24. The highest BCUT2D eigenvalue weighted by Crippen LogP contribution is 2.41. The van der Waals surface area contributed by atoms with Gasteiger partial charge in [-0.1, -0.05) is 36.4 Å². The fourth-order valence-electron chi connectivity index (χ4n) is 3.86. The molecule has 0 aliphatic carbocycles. The number of anilines is 1. The normalized spacial score (nSPS) is 19.4. The van der Waals surface area contributed by atoms with E-state index in [2.05, 4.69) is 15.3 Å². The lowest BCUT2D eigenvalue weighted by Crippen LogP contribution is -2.38. The van der Waals surface area contributed by atoms with Crippen molar-refractivity contribution in [3.05, 3.63) is 70.0 Å². The molecule has 3 heterocycles. The summed E-state index contributed by atoms with van der Waals surface area (Å²) < 4.78 is 11.2. The van der Waals surface area contributed by atoms with Crippen molar-refractivity contribution >= 4 is 11.7 Å². The molecule has 8 heteroatoms. The average molecular weight is 400 g/mol. The number of fused-ring (bicyclic) bond motifs is 2. The molecule has 1 amide bonds. The van der Waals surface area contributed by atoms with E-state index in [4.69, 9.17) is 9.47 Å². The van der Waals surface area contributed by atoms with Crippen LogP contribution in [0, 0.1) is 17.2 Å². The number of nitrogens with zero attached hydrogens (tertiary/aromatic N) is 2. The molecule has 0 radical (unpaired) electrons. The topological polar surface area (TPSA) is 117 Å². The second-order valence-corrected chi connectivity index (χ2v) is 7.02. The zero-order valence-corrected chi connectivity index (χ0v) is 15.7. The van der Waals surface area contributed by atoms with Crippen LogP contribution >= 0.6 is 0 Å². The standard InChI is InChI=1S/C22H16N4O4/c23-11-14-17(13-6-7-15-16(10-13)30-9-8-29-15)18-20(26-21(14)27)24-19(25-22(18)28)12-4-2-1-3-5-12/h1-7,10,14,17H,8-9H2,(H2,24,25,26,27,28). The van der Waals surface area contributed by atoms with E-state index in [1.807, 2.05) is 36.4 Å². The summed E-state index contributed by atoms with van der Waals surface area (Å²) in [4.78, 5) is 33.0. The lowest BCUT2D eigenvalue weighted by Gasteiger charge is -2.29. The summed E-state index contributed by atoms with van der Waals surface area (Å²) in [5.74, 6) is -0.744. The van der Waals surface area contributed by atoms with Crippen molar-refractivity contribution in [3.63, 3.8) is 0 Å². The molecule has 2 unspecified atom stereocenters. The van der Waals surface area contributed by atoms with Gasteiger partial charge in [0.15, 0.2) is 11.5 Å². The number of carbonyl (C=O) groups excluding carboxylic acids is 1. The van der Waals surface area contributed by atoms with Gasteiger partial charge >= 0.3 is 0 Å². The van der Waals surface area contributed by atoms with E-state index in [9.17, 15) is 14.9 Å². The lowest BCUT2D eigenvalue weighted by molar-refractivity contribution is -0.119. The molecule has 148 valence electrons. The minimum absolute atomic E-state index is 0.161. The summed E-state index contributed by atoms with van der Waals surface area (Å²) in [5, 5.41) is 12.3. The number of amides is 1. The number of hydrogen-bond acceptors (Lipinski definition) is 6. The number of rotatable bonds is 2. The first-order valence-corrected chi connectivity index (χ1v) is 9.45. The molecule has 5 rings (SSSR count). The Morgan fingerprint density at radius 2 is 1.80 bits per heavy atom. The summed E-state index contributed by atoms with van der Waals surface area (Å²) in [6.07, 6.45) is 0. The molecule has 0 fully saturated rings. The zero-order valence-electron chi connectivity index (χ0n) is 15.7. The van der Waals surface area contributed by atoms with Gasteiger partial charge in [0.2, 0.25) is 5.91 Å². The number of carbonyl (C=O) groups is 1. The van der Waals surface area contributed by atoms with Gasteiger partial charge in [0.25, 0.3) is 5.56 Å². The van der Waals surface area contributed by atoms with Crippen LogP contribution in [0.4, 0.5) is 5.82 Å². The van der Waals surface area contributed by atoms with E-state index in [0.29, 0.717) is 41.7 Å². The molecule has 0 spiro atoms. The zero-order chi connectivity index (χ0) is 20.7. The Balaban J connectivity index is 1.68. The maximum atomic E-state index is 13.1. The molecule has 3 aromatic rings. The van der Waals surface area contributed by atoms with E-state index >= 15 is 0 Å². The van der Waals surface area contributed by atoms with E-state index < -0.39 is 23.3 Å². The molecular formula is C22H16N4O4. The summed E-state index contributed by atoms with van der Waals surface area (Å²) in [6.45, 7) is 0.857. The third kappa shape index (κ3) is 2.88. The lowest BCUT2D eigenvalue weighted by atomic mass is 9.79. The van der Waals surface area contributed by atoms with Crippen LogP contribution in [0.5, 0.6) is 11.5 Å². The highest BCUT2D eigenvalue weighted by molar-refractivity contribution is 5.98. The second-order valence-electron chi connectivity index (χ2n) is 7.02. The molecule has 2 atom stereocenters. The smallest absolute Gasteiger partial charge is 0.257 e. The third-order valence-electron chi connectivity index (χ3n) is 5.24. The highest BCUT2D eigenvalue weighted by Gasteiger charge is 2.40. The minimum atomic E-state index is -1.08. The van der Waals surface area contributed by atoms with Gasteiger partial charge < -0.3 is 19.8 Å². The first-order chi connectivity index (χ1) is 14.7. The summed E-state index contributed by atoms with van der Waals surface area (Å²) in [7, 11) is 0. The van der Waals surface area contributed by atoms with Crippen molar-refractivity contribution in [1.29, 1.82) is 5.26 Å². The van der Waals surface area contributed by atoms with Gasteiger partial charge in [-0.05, 0) is 17.7 Å². The van der Waals surface area contributed by atoms with Crippen molar-refractivity contribution in [2.75, 3.05) is 18.5 Å². The first-order valence-electron chi connectivity index (χ1n) is 9.45. The number of nitrogens with one attached hydrogen (secondary N) is 2. The summed E-state index contributed by atoms with van der Waals surface area (Å²) >= 11 is 0. The van der Waals surface area contributed by atoms with Crippen LogP contribution < -0.4 is 20.3 Å². The molecule has 2 aromatic carbocycles. The Morgan fingerprint density at radius 1 is 1.03 bits per heavy atom. The Morgan fingerprint density at radius 3 is 2.57 bits per heavy atom. The molecule has 0 bridgehead atoms. The average Bonchev–Trinajstić information content (AvgIpc) is 2.78. The van der Waals surface area contributed by atoms with Crippen LogP contribution in [0.25, 0.3) is 11.4 Å². The van der Waals surface area contributed by atoms with Crippen LogP contribution in [0.15, 0.2) is 53.3 Å². The largest absolute Gasteiger partial charge is 0.486 e. The van der Waals surface area contributed by atoms with E-state index in [1.165, 1.54) is 0 Å². The molecule has 30 heavy (non-hydrogen) atoms. The summed E-state index contributed by atoms with van der Waals surface area (Å²) in [6, 6.07) is 16.4. The Hall–Kier alpha value is -4.12. The van der Waals surface area contributed by atoms with E-state index in [-0.39, 0.29) is 11.4 Å². The Bertz CT molecular complexity index is 1250. The minimum Gasteiger partial charge on any atom is -0.486 e. The molecular weight excluding hydrogens is 384 g/mol. The van der Waals surface area contributed by atoms with Gasteiger partial charge in [-0.25, -0.2) is 4.98 Å². The van der Waals surface area contributed by atoms with Gasteiger partial charge in [0.05, 0.1) is 11.6 Å². The second kappa shape index (κ2) is 7.04. The number of aromatic nitrogens is 2. The fraction of sp³-hybridized carbons (Fsp3) is 0.182. The number of aromatic amines is 1. The SMILES string of the molecule is N#CC1C(=O)Nc2nc(-c3ccccc3)[nH]c(=O)c2C1c1ccc2c(c1)OCCO2. The molecule has 2 aliphatic rings. The first kappa shape index (κ1) is 17.9. The highest BCUT2D eigenvalue weighted by atomic mass is 16.6. The van der Waals surface area contributed by atoms with Gasteiger partial charge in [-0.2, -0.15) is 5.26 Å². The van der Waals surface area contributed by atoms with Crippen molar-refractivity contribution < 1.29 is 14.3 Å². The van der Waals surface area contributed by atoms with Gasteiger partial charge in [0, 0.05) is 11.5 Å². The van der Waals surface area contributed by atoms with Gasteiger partial charge in [0.1, 0.15) is 30.8 Å².